The van der Waals surface area contributed by atoms with Gasteiger partial charge in [-0.1, -0.05) is 29.8 Å². The van der Waals surface area contributed by atoms with Gasteiger partial charge in [-0.3, -0.25) is 24.6 Å². The molecule has 1 aromatic heterocycles. The average Bonchev–Trinajstić information content (AvgIpc) is 3.34. The molecule has 0 bridgehead atoms. The molecule has 162 valence electrons. The number of rotatable bonds is 7. The number of halogens is 1. The van der Waals surface area contributed by atoms with Crippen LogP contribution in [0.1, 0.15) is 5.76 Å². The van der Waals surface area contributed by atoms with Gasteiger partial charge in [0.15, 0.2) is 0 Å². The number of nitro groups is 1. The van der Waals surface area contributed by atoms with Crippen molar-refractivity contribution in [3.05, 3.63) is 86.5 Å². The molecule has 0 unspecified atom stereocenters. The Morgan fingerprint density at radius 3 is 2.62 bits per heavy atom. The molecule has 3 aromatic rings. The topological polar surface area (TPSA) is 103 Å². The van der Waals surface area contributed by atoms with E-state index in [4.69, 9.17) is 20.8 Å². The lowest BCUT2D eigenvalue weighted by atomic mass is 10.1. The molecule has 0 N–H and O–H groups in total. The molecular formula is C22H15ClN2O6S. The molecule has 0 aliphatic carbocycles. The Labute approximate surface area is 191 Å². The number of amides is 2. The number of benzene rings is 2. The number of hydrogen-bond acceptors (Lipinski definition) is 7. The first-order valence-electron chi connectivity index (χ1n) is 9.40. The van der Waals surface area contributed by atoms with Crippen molar-refractivity contribution in [3.63, 3.8) is 0 Å². The molecule has 1 fully saturated rings. The van der Waals surface area contributed by atoms with Crippen LogP contribution in [-0.2, 0) is 4.79 Å². The molecule has 1 aliphatic rings. The maximum Gasteiger partial charge on any atom is 0.293 e. The molecule has 0 atom stereocenters. The monoisotopic (exact) mass is 470 g/mol. The minimum Gasteiger partial charge on any atom is -0.492 e. The summed E-state index contributed by atoms with van der Waals surface area (Å²) in [5.41, 5.74) is 0.346. The summed E-state index contributed by atoms with van der Waals surface area (Å²) in [6.07, 6.45) is 1.48. The van der Waals surface area contributed by atoms with Crippen molar-refractivity contribution in [3.8, 4) is 17.1 Å². The van der Waals surface area contributed by atoms with Gasteiger partial charge in [0, 0.05) is 23.8 Å². The van der Waals surface area contributed by atoms with Crippen LogP contribution in [0.15, 0.2) is 70.0 Å². The zero-order valence-electron chi connectivity index (χ0n) is 16.4. The summed E-state index contributed by atoms with van der Waals surface area (Å²) in [7, 11) is 0. The van der Waals surface area contributed by atoms with E-state index < -0.39 is 10.8 Å². The van der Waals surface area contributed by atoms with E-state index in [2.05, 4.69) is 0 Å². The molecule has 4 rings (SSSR count). The average molecular weight is 471 g/mol. The zero-order chi connectivity index (χ0) is 22.7. The lowest BCUT2D eigenvalue weighted by molar-refractivity contribution is -0.384. The normalized spacial score (nSPS) is 14.9. The Kier molecular flexibility index (Phi) is 6.29. The summed E-state index contributed by atoms with van der Waals surface area (Å²) in [6.45, 7) is 0.303. The van der Waals surface area contributed by atoms with E-state index in [0.29, 0.717) is 22.8 Å². The Morgan fingerprint density at radius 1 is 1.12 bits per heavy atom. The first-order valence-corrected chi connectivity index (χ1v) is 10.6. The number of thioether (sulfide) groups is 1. The fourth-order valence-corrected chi connectivity index (χ4v) is 4.10. The molecule has 10 heteroatoms. The van der Waals surface area contributed by atoms with E-state index >= 15 is 0 Å². The lowest BCUT2D eigenvalue weighted by Gasteiger charge is -2.13. The first-order chi connectivity index (χ1) is 15.4. The van der Waals surface area contributed by atoms with Gasteiger partial charge >= 0.3 is 0 Å². The van der Waals surface area contributed by atoms with Crippen molar-refractivity contribution < 1.29 is 23.7 Å². The van der Waals surface area contributed by atoms with E-state index in [0.717, 1.165) is 16.7 Å². The van der Waals surface area contributed by atoms with E-state index in [-0.39, 0.29) is 34.0 Å². The van der Waals surface area contributed by atoms with Gasteiger partial charge < -0.3 is 9.15 Å². The standard InChI is InChI=1S/C22H15ClN2O6S/c23-18-12-14(25(28)29)6-8-17(18)19-9-7-16(31-19)13-20-21(26)24(22(27)32-20)10-11-30-15-4-2-1-3-5-15/h1-9,12-13H,10-11H2/b20-13-. The number of carbonyl (C=O) groups is 2. The number of furan rings is 1. The molecular weight excluding hydrogens is 456 g/mol. The summed E-state index contributed by atoms with van der Waals surface area (Å²) in [6, 6.07) is 16.4. The van der Waals surface area contributed by atoms with Crippen LogP contribution in [0.3, 0.4) is 0 Å². The minimum atomic E-state index is -0.537. The molecule has 32 heavy (non-hydrogen) atoms. The van der Waals surface area contributed by atoms with Gasteiger partial charge in [0.1, 0.15) is 23.9 Å². The summed E-state index contributed by atoms with van der Waals surface area (Å²) in [5.74, 6) is 0.957. The lowest BCUT2D eigenvalue weighted by Crippen LogP contribution is -2.32. The van der Waals surface area contributed by atoms with Gasteiger partial charge in [-0.05, 0) is 42.1 Å². The van der Waals surface area contributed by atoms with Crippen molar-refractivity contribution in [2.75, 3.05) is 13.2 Å². The molecule has 1 saturated heterocycles. The van der Waals surface area contributed by atoms with Crippen LogP contribution in [0.25, 0.3) is 17.4 Å². The highest BCUT2D eigenvalue weighted by molar-refractivity contribution is 8.18. The second-order valence-corrected chi connectivity index (χ2v) is 8.02. The van der Waals surface area contributed by atoms with Crippen molar-refractivity contribution in [2.24, 2.45) is 0 Å². The van der Waals surface area contributed by atoms with Gasteiger partial charge in [0.25, 0.3) is 16.8 Å². The number of carbonyl (C=O) groups excluding carboxylic acids is 2. The SMILES string of the molecule is O=C1S/C(=C\c2ccc(-c3ccc([N+](=O)[O-])cc3Cl)o2)C(=O)N1CCOc1ccccc1. The smallest absolute Gasteiger partial charge is 0.293 e. The number of nitrogens with zero attached hydrogens (tertiary/aromatic N) is 2. The number of imide groups is 1. The van der Waals surface area contributed by atoms with E-state index in [1.807, 2.05) is 18.2 Å². The van der Waals surface area contributed by atoms with E-state index in [1.54, 1.807) is 24.3 Å². The van der Waals surface area contributed by atoms with Gasteiger partial charge in [-0.25, -0.2) is 0 Å². The summed E-state index contributed by atoms with van der Waals surface area (Å²) < 4.78 is 11.3. The third-order valence-electron chi connectivity index (χ3n) is 4.53. The van der Waals surface area contributed by atoms with Crippen LogP contribution >= 0.6 is 23.4 Å². The van der Waals surface area contributed by atoms with Gasteiger partial charge in [-0.2, -0.15) is 0 Å². The summed E-state index contributed by atoms with van der Waals surface area (Å²) in [5, 5.41) is 10.6. The summed E-state index contributed by atoms with van der Waals surface area (Å²) in [4.78, 5) is 36.6. The fourth-order valence-electron chi connectivity index (χ4n) is 2.99. The van der Waals surface area contributed by atoms with Gasteiger partial charge in [-0.15, -0.1) is 0 Å². The number of hydrogen-bond donors (Lipinski definition) is 0. The highest BCUT2D eigenvalue weighted by atomic mass is 35.5. The number of non-ortho nitro benzene ring substituents is 1. The Balaban J connectivity index is 1.44. The highest BCUT2D eigenvalue weighted by Gasteiger charge is 2.35. The van der Waals surface area contributed by atoms with Crippen molar-refractivity contribution in [1.82, 2.24) is 4.90 Å². The van der Waals surface area contributed by atoms with Crippen LogP contribution in [0.4, 0.5) is 10.5 Å². The molecule has 0 saturated carbocycles. The fraction of sp³-hybridized carbons (Fsp3) is 0.0909. The van der Waals surface area contributed by atoms with Crippen molar-refractivity contribution >= 4 is 46.3 Å². The maximum absolute atomic E-state index is 12.6. The Hall–Kier alpha value is -3.56. The quantitative estimate of drug-likeness (QED) is 0.250. The molecule has 2 amide bonds. The van der Waals surface area contributed by atoms with Gasteiger partial charge in [0.2, 0.25) is 0 Å². The summed E-state index contributed by atoms with van der Waals surface area (Å²) >= 11 is 6.96. The largest absolute Gasteiger partial charge is 0.492 e. The molecule has 0 radical (unpaired) electrons. The zero-order valence-corrected chi connectivity index (χ0v) is 18.0. The van der Waals surface area contributed by atoms with Crippen LogP contribution < -0.4 is 4.74 Å². The number of para-hydroxylation sites is 1. The molecule has 2 aromatic carbocycles. The minimum absolute atomic E-state index is 0.124. The third-order valence-corrected chi connectivity index (χ3v) is 5.75. The molecule has 2 heterocycles. The predicted molar refractivity (Wildman–Crippen MR) is 120 cm³/mol. The predicted octanol–water partition coefficient (Wildman–Crippen LogP) is 5.62. The second-order valence-electron chi connectivity index (χ2n) is 6.62. The Morgan fingerprint density at radius 2 is 1.91 bits per heavy atom. The molecule has 0 spiro atoms. The van der Waals surface area contributed by atoms with Crippen LogP contribution in [0.2, 0.25) is 5.02 Å². The van der Waals surface area contributed by atoms with Crippen molar-refractivity contribution in [2.45, 2.75) is 0 Å². The first kappa shape index (κ1) is 21.7. The molecule has 8 nitrogen and oxygen atoms in total. The number of nitro benzene ring substituents is 1. The highest BCUT2D eigenvalue weighted by Crippen LogP contribution is 2.35. The van der Waals surface area contributed by atoms with E-state index in [9.17, 15) is 19.7 Å². The van der Waals surface area contributed by atoms with Crippen LogP contribution in [0, 0.1) is 10.1 Å². The second kappa shape index (κ2) is 9.29. The van der Waals surface area contributed by atoms with Crippen LogP contribution in [0.5, 0.6) is 5.75 Å². The maximum atomic E-state index is 12.6. The van der Waals surface area contributed by atoms with Crippen LogP contribution in [-0.4, -0.2) is 34.1 Å². The third kappa shape index (κ3) is 4.68. The van der Waals surface area contributed by atoms with Crippen molar-refractivity contribution in [1.29, 1.82) is 0 Å². The Bertz CT molecular complexity index is 1220. The molecule has 1 aliphatic heterocycles. The number of ether oxygens (including phenoxy) is 1. The van der Waals surface area contributed by atoms with E-state index in [1.165, 1.54) is 24.3 Å². The van der Waals surface area contributed by atoms with Gasteiger partial charge in [0.05, 0.1) is 21.4 Å².